The number of hydrogen-bond acceptors (Lipinski definition) is 3. The molecule has 3 rings (SSSR count). The van der Waals surface area contributed by atoms with Crippen molar-refractivity contribution in [3.05, 3.63) is 29.8 Å². The van der Waals surface area contributed by atoms with Crippen LogP contribution < -0.4 is 10.6 Å². The highest BCUT2D eigenvalue weighted by Gasteiger charge is 2.23. The van der Waals surface area contributed by atoms with Crippen molar-refractivity contribution in [1.82, 2.24) is 5.32 Å². The van der Waals surface area contributed by atoms with E-state index < -0.39 is 0 Å². The van der Waals surface area contributed by atoms with Crippen LogP contribution in [-0.2, 0) is 9.53 Å². The van der Waals surface area contributed by atoms with Gasteiger partial charge in [0.1, 0.15) is 6.10 Å². The summed E-state index contributed by atoms with van der Waals surface area (Å²) in [6.07, 6.45) is 7.60. The quantitative estimate of drug-likeness (QED) is 0.842. The van der Waals surface area contributed by atoms with E-state index in [0.717, 1.165) is 31.7 Å². The molecule has 24 heavy (non-hydrogen) atoms. The van der Waals surface area contributed by atoms with E-state index in [1.807, 2.05) is 0 Å². The van der Waals surface area contributed by atoms with Crippen molar-refractivity contribution < 1.29 is 14.3 Å². The number of rotatable bonds is 6. The van der Waals surface area contributed by atoms with Gasteiger partial charge in [0.25, 0.3) is 11.8 Å². The molecule has 2 N–H and O–H groups in total. The predicted octanol–water partition coefficient (Wildman–Crippen LogP) is 3.11. The molecule has 1 aliphatic carbocycles. The number of amides is 2. The van der Waals surface area contributed by atoms with E-state index in [1.54, 1.807) is 24.3 Å². The second kappa shape index (κ2) is 8.29. The lowest BCUT2D eigenvalue weighted by atomic mass is 10.0. The number of ether oxygens (including phenoxy) is 1. The first-order valence-corrected chi connectivity index (χ1v) is 9.03. The molecule has 0 spiro atoms. The lowest BCUT2D eigenvalue weighted by Gasteiger charge is -2.12. The van der Waals surface area contributed by atoms with Crippen molar-refractivity contribution in [2.45, 2.75) is 51.0 Å². The second-order valence-electron chi connectivity index (χ2n) is 6.77. The van der Waals surface area contributed by atoms with Crippen LogP contribution in [-0.4, -0.2) is 31.1 Å². The van der Waals surface area contributed by atoms with Crippen LogP contribution in [0.2, 0.25) is 0 Å². The van der Waals surface area contributed by atoms with Gasteiger partial charge in [0.2, 0.25) is 0 Å². The fourth-order valence-corrected chi connectivity index (χ4v) is 3.54. The zero-order chi connectivity index (χ0) is 16.8. The lowest BCUT2D eigenvalue weighted by Crippen LogP contribution is -2.28. The summed E-state index contributed by atoms with van der Waals surface area (Å²) in [5.74, 6) is 0.551. The zero-order valence-corrected chi connectivity index (χ0v) is 14.1. The SMILES string of the molecule is O=C(NCCC1CCCC1)c1cccc(NC(=O)[C@@H]2CCCO2)c1. The Morgan fingerprint density at radius 2 is 1.96 bits per heavy atom. The van der Waals surface area contributed by atoms with Crippen molar-refractivity contribution in [2.75, 3.05) is 18.5 Å². The highest BCUT2D eigenvalue weighted by Crippen LogP contribution is 2.27. The molecule has 0 radical (unpaired) electrons. The first kappa shape index (κ1) is 17.0. The molecule has 1 aromatic carbocycles. The fraction of sp³-hybridized carbons (Fsp3) is 0.579. The van der Waals surface area contributed by atoms with Crippen LogP contribution in [0.4, 0.5) is 5.69 Å². The summed E-state index contributed by atoms with van der Waals surface area (Å²) in [5.41, 5.74) is 1.21. The van der Waals surface area contributed by atoms with E-state index >= 15 is 0 Å². The average Bonchev–Trinajstić information content (AvgIpc) is 3.29. The average molecular weight is 330 g/mol. The number of benzene rings is 1. The maximum Gasteiger partial charge on any atom is 0.253 e. The van der Waals surface area contributed by atoms with Gasteiger partial charge in [-0.15, -0.1) is 0 Å². The smallest absolute Gasteiger partial charge is 0.253 e. The molecule has 1 heterocycles. The van der Waals surface area contributed by atoms with Gasteiger partial charge in [-0.3, -0.25) is 9.59 Å². The van der Waals surface area contributed by atoms with Crippen LogP contribution in [0.25, 0.3) is 0 Å². The van der Waals surface area contributed by atoms with Crippen molar-refractivity contribution in [1.29, 1.82) is 0 Å². The number of carbonyl (C=O) groups is 2. The van der Waals surface area contributed by atoms with E-state index in [-0.39, 0.29) is 17.9 Å². The van der Waals surface area contributed by atoms with Crippen LogP contribution >= 0.6 is 0 Å². The van der Waals surface area contributed by atoms with E-state index in [4.69, 9.17) is 4.74 Å². The van der Waals surface area contributed by atoms with Gasteiger partial charge in [-0.2, -0.15) is 0 Å². The number of hydrogen-bond donors (Lipinski definition) is 2. The van der Waals surface area contributed by atoms with E-state index in [0.29, 0.717) is 17.9 Å². The highest BCUT2D eigenvalue weighted by molar-refractivity contribution is 5.98. The molecule has 1 aliphatic heterocycles. The van der Waals surface area contributed by atoms with Crippen molar-refractivity contribution in [3.8, 4) is 0 Å². The third-order valence-corrected chi connectivity index (χ3v) is 4.93. The largest absolute Gasteiger partial charge is 0.368 e. The Hall–Kier alpha value is -1.88. The van der Waals surface area contributed by atoms with Crippen molar-refractivity contribution in [2.24, 2.45) is 5.92 Å². The molecule has 0 bridgehead atoms. The Morgan fingerprint density at radius 1 is 1.12 bits per heavy atom. The normalized spacial score (nSPS) is 20.9. The molecule has 130 valence electrons. The monoisotopic (exact) mass is 330 g/mol. The van der Waals surface area contributed by atoms with Gasteiger partial charge < -0.3 is 15.4 Å². The molecular formula is C19H26N2O3. The van der Waals surface area contributed by atoms with Crippen LogP contribution in [0.15, 0.2) is 24.3 Å². The fourth-order valence-electron chi connectivity index (χ4n) is 3.54. The Labute approximate surface area is 143 Å². The minimum atomic E-state index is -0.367. The zero-order valence-electron chi connectivity index (χ0n) is 14.1. The van der Waals surface area contributed by atoms with Crippen LogP contribution in [0.1, 0.15) is 55.3 Å². The van der Waals surface area contributed by atoms with Crippen LogP contribution in [0.5, 0.6) is 0 Å². The molecule has 1 aromatic rings. The summed E-state index contributed by atoms with van der Waals surface area (Å²) >= 11 is 0. The van der Waals surface area contributed by atoms with Gasteiger partial charge in [-0.05, 0) is 43.4 Å². The van der Waals surface area contributed by atoms with Gasteiger partial charge in [0.15, 0.2) is 0 Å². The molecular weight excluding hydrogens is 304 g/mol. The number of anilines is 1. The van der Waals surface area contributed by atoms with Gasteiger partial charge in [0, 0.05) is 24.4 Å². The molecule has 0 aromatic heterocycles. The Balaban J connectivity index is 1.49. The molecule has 2 fully saturated rings. The van der Waals surface area contributed by atoms with Gasteiger partial charge in [0.05, 0.1) is 0 Å². The molecule has 2 aliphatic rings. The van der Waals surface area contributed by atoms with E-state index in [2.05, 4.69) is 10.6 Å². The third kappa shape index (κ3) is 4.57. The molecule has 1 atom stereocenters. The molecule has 5 nitrogen and oxygen atoms in total. The number of nitrogens with one attached hydrogen (secondary N) is 2. The number of carbonyl (C=O) groups excluding carboxylic acids is 2. The van der Waals surface area contributed by atoms with Crippen molar-refractivity contribution >= 4 is 17.5 Å². The Morgan fingerprint density at radius 3 is 2.71 bits per heavy atom. The molecule has 2 amide bonds. The summed E-state index contributed by atoms with van der Waals surface area (Å²) in [4.78, 5) is 24.3. The van der Waals surface area contributed by atoms with Gasteiger partial charge in [-0.1, -0.05) is 31.7 Å². The highest BCUT2D eigenvalue weighted by atomic mass is 16.5. The Bertz CT molecular complexity index is 576. The topological polar surface area (TPSA) is 67.4 Å². The molecule has 0 unspecified atom stereocenters. The first-order chi connectivity index (χ1) is 11.7. The summed E-state index contributed by atoms with van der Waals surface area (Å²) < 4.78 is 5.38. The van der Waals surface area contributed by atoms with E-state index in [9.17, 15) is 9.59 Å². The van der Waals surface area contributed by atoms with Crippen LogP contribution in [0.3, 0.4) is 0 Å². The van der Waals surface area contributed by atoms with E-state index in [1.165, 1.54) is 25.7 Å². The predicted molar refractivity (Wildman–Crippen MR) is 93.0 cm³/mol. The summed E-state index contributed by atoms with van der Waals surface area (Å²) in [5, 5.41) is 5.82. The lowest BCUT2D eigenvalue weighted by molar-refractivity contribution is -0.124. The minimum Gasteiger partial charge on any atom is -0.368 e. The second-order valence-corrected chi connectivity index (χ2v) is 6.77. The summed E-state index contributed by atoms with van der Waals surface area (Å²) in [7, 11) is 0. The van der Waals surface area contributed by atoms with Crippen LogP contribution in [0, 0.1) is 5.92 Å². The standard InChI is InChI=1S/C19H26N2O3/c22-18(20-11-10-14-5-1-2-6-14)15-7-3-8-16(13-15)21-19(23)17-9-4-12-24-17/h3,7-8,13-14,17H,1-2,4-6,9-12H2,(H,20,22)(H,21,23)/t17-/m0/s1. The Kier molecular flexibility index (Phi) is 5.86. The summed E-state index contributed by atoms with van der Waals surface area (Å²) in [6.45, 7) is 1.36. The molecule has 1 saturated carbocycles. The van der Waals surface area contributed by atoms with Gasteiger partial charge in [-0.25, -0.2) is 0 Å². The maximum atomic E-state index is 12.3. The molecule has 1 saturated heterocycles. The maximum absolute atomic E-state index is 12.3. The first-order valence-electron chi connectivity index (χ1n) is 9.03. The third-order valence-electron chi connectivity index (χ3n) is 4.93. The van der Waals surface area contributed by atoms with Gasteiger partial charge >= 0.3 is 0 Å². The van der Waals surface area contributed by atoms with Crippen molar-refractivity contribution in [3.63, 3.8) is 0 Å². The molecule has 5 heteroatoms. The minimum absolute atomic E-state index is 0.0822. The summed E-state index contributed by atoms with van der Waals surface area (Å²) in [6, 6.07) is 7.07.